The lowest BCUT2D eigenvalue weighted by atomic mass is 10.3. The first-order valence-corrected chi connectivity index (χ1v) is 7.52. The lowest BCUT2D eigenvalue weighted by Gasteiger charge is -2.19. The number of nitrogens with zero attached hydrogens (tertiary/aromatic N) is 3. The molecular formula is C13H13N3S2. The van der Waals surface area contributed by atoms with Crippen LogP contribution in [0.2, 0.25) is 0 Å². The maximum absolute atomic E-state index is 4.37. The van der Waals surface area contributed by atoms with E-state index in [9.17, 15) is 0 Å². The van der Waals surface area contributed by atoms with Gasteiger partial charge in [-0.15, -0.1) is 22.7 Å². The number of rotatable bonds is 4. The molecule has 0 saturated heterocycles. The first kappa shape index (κ1) is 11.6. The van der Waals surface area contributed by atoms with Crippen molar-refractivity contribution in [2.24, 2.45) is 0 Å². The summed E-state index contributed by atoms with van der Waals surface area (Å²) in [6.07, 6.45) is 4.73. The number of anilines is 1. The van der Waals surface area contributed by atoms with Crippen molar-refractivity contribution in [2.75, 3.05) is 18.5 Å². The van der Waals surface area contributed by atoms with Gasteiger partial charge in [-0.1, -0.05) is 0 Å². The predicted molar refractivity (Wildman–Crippen MR) is 78.7 cm³/mol. The van der Waals surface area contributed by atoms with Crippen molar-refractivity contribution in [1.82, 2.24) is 9.97 Å². The van der Waals surface area contributed by atoms with Gasteiger partial charge >= 0.3 is 0 Å². The van der Waals surface area contributed by atoms with Crippen LogP contribution >= 0.6 is 22.7 Å². The molecule has 0 aliphatic rings. The Hall–Kier alpha value is -1.46. The molecule has 0 aromatic carbocycles. The quantitative estimate of drug-likeness (QED) is 0.730. The summed E-state index contributed by atoms with van der Waals surface area (Å²) in [7, 11) is 2.13. The minimum atomic E-state index is 0.977. The zero-order chi connectivity index (χ0) is 12.4. The van der Waals surface area contributed by atoms with Crippen LogP contribution in [0.25, 0.3) is 10.2 Å². The molecule has 0 unspecified atom stereocenters. The van der Waals surface area contributed by atoms with Gasteiger partial charge in [0.15, 0.2) is 0 Å². The highest BCUT2D eigenvalue weighted by Gasteiger charge is 2.08. The number of aromatic nitrogens is 2. The minimum absolute atomic E-state index is 0.977. The molecule has 5 heteroatoms. The van der Waals surface area contributed by atoms with E-state index in [1.54, 1.807) is 22.7 Å². The van der Waals surface area contributed by atoms with Crippen molar-refractivity contribution in [3.05, 3.63) is 40.3 Å². The predicted octanol–water partition coefficient (Wildman–Crippen LogP) is 3.43. The molecule has 3 rings (SSSR count). The molecule has 0 amide bonds. The summed E-state index contributed by atoms with van der Waals surface area (Å²) in [6.45, 7) is 0.977. The van der Waals surface area contributed by atoms with E-state index >= 15 is 0 Å². The lowest BCUT2D eigenvalue weighted by Crippen LogP contribution is -2.20. The van der Waals surface area contributed by atoms with Gasteiger partial charge in [-0.25, -0.2) is 4.98 Å². The first-order valence-electron chi connectivity index (χ1n) is 5.76. The molecule has 0 aliphatic heterocycles. The van der Waals surface area contributed by atoms with E-state index in [0.29, 0.717) is 0 Å². The van der Waals surface area contributed by atoms with Crippen molar-refractivity contribution in [1.29, 1.82) is 0 Å². The number of thiophene rings is 1. The maximum Gasteiger partial charge on any atom is 0.0942 e. The molecule has 3 nitrogen and oxygen atoms in total. The molecule has 0 saturated carbocycles. The number of likely N-dealkylation sites (N-methyl/N-ethyl adjacent to an activating group) is 1. The summed E-state index contributed by atoms with van der Waals surface area (Å²) in [4.78, 5) is 11.0. The Bertz CT molecular complexity index is 631. The average Bonchev–Trinajstić information content (AvgIpc) is 3.05. The van der Waals surface area contributed by atoms with Gasteiger partial charge in [-0.2, -0.15) is 0 Å². The first-order chi connectivity index (χ1) is 8.84. The third-order valence-corrected chi connectivity index (χ3v) is 4.64. The van der Waals surface area contributed by atoms with Crippen LogP contribution in [-0.4, -0.2) is 23.6 Å². The molecule has 18 heavy (non-hydrogen) atoms. The van der Waals surface area contributed by atoms with Gasteiger partial charge in [0.2, 0.25) is 0 Å². The van der Waals surface area contributed by atoms with Gasteiger partial charge in [-0.05, 0) is 17.5 Å². The van der Waals surface area contributed by atoms with E-state index in [-0.39, 0.29) is 0 Å². The highest BCUT2D eigenvalue weighted by molar-refractivity contribution is 7.17. The number of pyridine rings is 1. The molecule has 0 radical (unpaired) electrons. The summed E-state index contributed by atoms with van der Waals surface area (Å²) < 4.78 is 1.26. The smallest absolute Gasteiger partial charge is 0.0942 e. The molecule has 92 valence electrons. The van der Waals surface area contributed by atoms with Crippen molar-refractivity contribution in [3.63, 3.8) is 0 Å². The van der Waals surface area contributed by atoms with Crippen LogP contribution in [0, 0.1) is 0 Å². The van der Waals surface area contributed by atoms with Gasteiger partial charge in [0.05, 0.1) is 20.9 Å². The van der Waals surface area contributed by atoms with Crippen LogP contribution in [0.15, 0.2) is 35.3 Å². The molecule has 0 atom stereocenters. The summed E-state index contributed by atoms with van der Waals surface area (Å²) in [5.41, 5.74) is 2.34. The van der Waals surface area contributed by atoms with Crippen LogP contribution in [0.3, 0.4) is 0 Å². The standard InChI is InChI=1S/C13H13N3S2/c1-16(7-3-12-15-6-9-17-12)11-2-5-14-10-4-8-18-13(10)11/h2,4-6,8-9H,3,7H2,1H3. The second-order valence-electron chi connectivity index (χ2n) is 4.06. The van der Waals surface area contributed by atoms with Gasteiger partial charge in [0.1, 0.15) is 0 Å². The number of hydrogen-bond acceptors (Lipinski definition) is 5. The van der Waals surface area contributed by atoms with E-state index in [4.69, 9.17) is 0 Å². The van der Waals surface area contributed by atoms with E-state index in [1.807, 2.05) is 17.8 Å². The molecule has 3 aromatic rings. The number of fused-ring (bicyclic) bond motifs is 1. The molecule has 3 heterocycles. The van der Waals surface area contributed by atoms with Gasteiger partial charge in [0, 0.05) is 37.8 Å². The second kappa shape index (κ2) is 5.04. The third-order valence-electron chi connectivity index (χ3n) is 2.88. The number of thiazole rings is 1. The molecule has 0 spiro atoms. The summed E-state index contributed by atoms with van der Waals surface area (Å²) in [5, 5.41) is 5.31. The van der Waals surface area contributed by atoms with Crippen LogP contribution in [0.1, 0.15) is 5.01 Å². The molecule has 3 aromatic heterocycles. The fourth-order valence-corrected chi connectivity index (χ4v) is 3.45. The molecule has 0 fully saturated rings. The van der Waals surface area contributed by atoms with E-state index in [1.165, 1.54) is 15.4 Å². The second-order valence-corrected chi connectivity index (χ2v) is 5.96. The van der Waals surface area contributed by atoms with Crippen molar-refractivity contribution < 1.29 is 0 Å². The third kappa shape index (κ3) is 2.23. The van der Waals surface area contributed by atoms with Gasteiger partial charge < -0.3 is 4.90 Å². The minimum Gasteiger partial charge on any atom is -0.373 e. The van der Waals surface area contributed by atoms with Gasteiger partial charge in [0.25, 0.3) is 0 Å². The van der Waals surface area contributed by atoms with Crippen LogP contribution in [-0.2, 0) is 6.42 Å². The topological polar surface area (TPSA) is 29.0 Å². The Labute approximate surface area is 114 Å². The van der Waals surface area contributed by atoms with Crippen LogP contribution < -0.4 is 4.90 Å². The zero-order valence-corrected chi connectivity index (χ0v) is 11.7. The fourth-order valence-electron chi connectivity index (χ4n) is 1.92. The summed E-state index contributed by atoms with van der Waals surface area (Å²) >= 11 is 3.47. The Kier molecular flexibility index (Phi) is 3.25. The fraction of sp³-hybridized carbons (Fsp3) is 0.231. The largest absolute Gasteiger partial charge is 0.373 e. The Morgan fingerprint density at radius 1 is 1.11 bits per heavy atom. The van der Waals surface area contributed by atoms with Crippen molar-refractivity contribution in [2.45, 2.75) is 6.42 Å². The monoisotopic (exact) mass is 275 g/mol. The molecule has 0 aliphatic carbocycles. The maximum atomic E-state index is 4.37. The van der Waals surface area contributed by atoms with E-state index in [2.05, 4.69) is 39.4 Å². The summed E-state index contributed by atoms with van der Waals surface area (Å²) in [6, 6.07) is 4.15. The summed E-state index contributed by atoms with van der Waals surface area (Å²) in [5.74, 6) is 0. The average molecular weight is 275 g/mol. The van der Waals surface area contributed by atoms with Crippen LogP contribution in [0.4, 0.5) is 5.69 Å². The highest BCUT2D eigenvalue weighted by atomic mass is 32.1. The number of hydrogen-bond donors (Lipinski definition) is 0. The molecular weight excluding hydrogens is 262 g/mol. The zero-order valence-electron chi connectivity index (χ0n) is 10.0. The van der Waals surface area contributed by atoms with Gasteiger partial charge in [-0.3, -0.25) is 4.98 Å². The van der Waals surface area contributed by atoms with Crippen molar-refractivity contribution >= 4 is 38.6 Å². The Balaban J connectivity index is 1.79. The molecule has 0 N–H and O–H groups in total. The van der Waals surface area contributed by atoms with E-state index < -0.39 is 0 Å². The SMILES string of the molecule is CN(CCc1nccs1)c1ccnc2ccsc12. The molecule has 0 bridgehead atoms. The van der Waals surface area contributed by atoms with Crippen LogP contribution in [0.5, 0.6) is 0 Å². The highest BCUT2D eigenvalue weighted by Crippen LogP contribution is 2.29. The van der Waals surface area contributed by atoms with Crippen molar-refractivity contribution in [3.8, 4) is 0 Å². The lowest BCUT2D eigenvalue weighted by molar-refractivity contribution is 0.872. The van der Waals surface area contributed by atoms with E-state index in [0.717, 1.165) is 18.5 Å². The Morgan fingerprint density at radius 3 is 2.89 bits per heavy atom. The Morgan fingerprint density at radius 2 is 2.06 bits per heavy atom. The normalized spacial score (nSPS) is 10.9.